The summed E-state index contributed by atoms with van der Waals surface area (Å²) >= 11 is 0. The summed E-state index contributed by atoms with van der Waals surface area (Å²) in [5, 5.41) is 1.91. The summed E-state index contributed by atoms with van der Waals surface area (Å²) in [5.41, 5.74) is 11.0. The van der Waals surface area contributed by atoms with Gasteiger partial charge in [0.2, 0.25) is 11.8 Å². The summed E-state index contributed by atoms with van der Waals surface area (Å²) in [5.74, 6) is -3.07. The van der Waals surface area contributed by atoms with E-state index in [0.717, 1.165) is 5.56 Å². The lowest BCUT2D eigenvalue weighted by atomic mass is 9.83. The van der Waals surface area contributed by atoms with Gasteiger partial charge in [0.05, 0.1) is 0 Å². The molecule has 0 saturated heterocycles. The van der Waals surface area contributed by atoms with Gasteiger partial charge in [0.1, 0.15) is 5.92 Å². The van der Waals surface area contributed by atoms with E-state index in [1.54, 1.807) is 0 Å². The normalized spacial score (nSPS) is 13.3. The van der Waals surface area contributed by atoms with Gasteiger partial charge in [0, 0.05) is 5.92 Å². The zero-order chi connectivity index (χ0) is 14.4. The van der Waals surface area contributed by atoms with Crippen LogP contribution in [0.3, 0.4) is 0 Å². The average molecular weight is 263 g/mol. The number of nitrogens with one attached hydrogen (secondary N) is 1. The molecule has 1 rings (SSSR count). The van der Waals surface area contributed by atoms with Gasteiger partial charge in [-0.15, -0.1) is 0 Å². The van der Waals surface area contributed by atoms with Crippen molar-refractivity contribution in [2.45, 2.75) is 19.3 Å². The van der Waals surface area contributed by atoms with Crippen molar-refractivity contribution in [1.29, 1.82) is 0 Å². The Morgan fingerprint density at radius 3 is 2.16 bits per heavy atom. The highest BCUT2D eigenvalue weighted by atomic mass is 16.2. The third-order valence-electron chi connectivity index (χ3n) is 2.91. The van der Waals surface area contributed by atoms with Crippen LogP contribution in [-0.4, -0.2) is 17.8 Å². The van der Waals surface area contributed by atoms with Crippen molar-refractivity contribution < 1.29 is 14.4 Å². The molecule has 19 heavy (non-hydrogen) atoms. The Hall–Kier alpha value is -2.37. The molecule has 0 fully saturated rings. The van der Waals surface area contributed by atoms with Crippen LogP contribution in [0.4, 0.5) is 4.79 Å². The van der Waals surface area contributed by atoms with Gasteiger partial charge in [0.15, 0.2) is 0 Å². The molecule has 1 aromatic carbocycles. The van der Waals surface area contributed by atoms with Crippen molar-refractivity contribution in [2.24, 2.45) is 17.4 Å². The van der Waals surface area contributed by atoms with Crippen molar-refractivity contribution in [3.8, 4) is 0 Å². The summed E-state index contributed by atoms with van der Waals surface area (Å²) in [7, 11) is 0. The highest BCUT2D eigenvalue weighted by molar-refractivity contribution is 6.06. The molecule has 4 amide bonds. The van der Waals surface area contributed by atoms with E-state index in [1.165, 1.54) is 0 Å². The lowest BCUT2D eigenvalue weighted by Gasteiger charge is -2.22. The SMILES string of the molecule is CC[C@H](c1ccccc1)[C@@H](C(N)=O)C(=O)NC(N)=O. The second-order valence-corrected chi connectivity index (χ2v) is 4.16. The third kappa shape index (κ3) is 3.80. The number of rotatable bonds is 5. The Kier molecular flexibility index (Phi) is 5.05. The average Bonchev–Trinajstić information content (AvgIpc) is 2.35. The van der Waals surface area contributed by atoms with E-state index in [1.807, 2.05) is 42.6 Å². The van der Waals surface area contributed by atoms with E-state index < -0.39 is 29.7 Å². The Labute approximate surface area is 111 Å². The van der Waals surface area contributed by atoms with Gasteiger partial charge in [-0.1, -0.05) is 37.3 Å². The van der Waals surface area contributed by atoms with Gasteiger partial charge in [-0.05, 0) is 12.0 Å². The van der Waals surface area contributed by atoms with E-state index in [9.17, 15) is 14.4 Å². The third-order valence-corrected chi connectivity index (χ3v) is 2.91. The van der Waals surface area contributed by atoms with Crippen LogP contribution in [-0.2, 0) is 9.59 Å². The Balaban J connectivity index is 3.06. The minimum Gasteiger partial charge on any atom is -0.369 e. The minimum atomic E-state index is -1.13. The number of imide groups is 1. The monoisotopic (exact) mass is 263 g/mol. The first-order chi connectivity index (χ1) is 8.97. The van der Waals surface area contributed by atoms with Crippen LogP contribution in [0, 0.1) is 5.92 Å². The molecule has 0 aliphatic carbocycles. The molecule has 0 aromatic heterocycles. The Morgan fingerprint density at radius 1 is 1.16 bits per heavy atom. The molecule has 0 unspecified atom stereocenters. The first kappa shape index (κ1) is 14.7. The minimum absolute atomic E-state index is 0.391. The summed E-state index contributed by atoms with van der Waals surface area (Å²) in [4.78, 5) is 34.1. The topological polar surface area (TPSA) is 115 Å². The summed E-state index contributed by atoms with van der Waals surface area (Å²) < 4.78 is 0. The molecule has 5 N–H and O–H groups in total. The number of urea groups is 1. The lowest BCUT2D eigenvalue weighted by Crippen LogP contribution is -2.46. The van der Waals surface area contributed by atoms with Crippen molar-refractivity contribution >= 4 is 17.8 Å². The maximum absolute atomic E-state index is 11.9. The van der Waals surface area contributed by atoms with Crippen molar-refractivity contribution in [2.75, 3.05) is 0 Å². The first-order valence-corrected chi connectivity index (χ1v) is 5.92. The number of carbonyl (C=O) groups is 3. The molecule has 102 valence electrons. The maximum atomic E-state index is 11.9. The molecule has 1 aromatic rings. The standard InChI is InChI=1S/C13H17N3O3/c1-2-9(8-6-4-3-5-7-8)10(11(14)17)12(18)16-13(15)19/h3-7,9-10H,2H2,1H3,(H2,14,17)(H3,15,16,18,19)/t9-,10+/m1/s1. The molecular weight excluding hydrogens is 246 g/mol. The largest absolute Gasteiger partial charge is 0.369 e. The van der Waals surface area contributed by atoms with Crippen molar-refractivity contribution in [3.63, 3.8) is 0 Å². The van der Waals surface area contributed by atoms with Gasteiger partial charge >= 0.3 is 6.03 Å². The molecule has 0 radical (unpaired) electrons. The van der Waals surface area contributed by atoms with Gasteiger partial charge in [-0.3, -0.25) is 14.9 Å². The van der Waals surface area contributed by atoms with E-state index in [2.05, 4.69) is 0 Å². The second-order valence-electron chi connectivity index (χ2n) is 4.16. The van der Waals surface area contributed by atoms with Crippen LogP contribution in [0.2, 0.25) is 0 Å². The number of nitrogens with two attached hydrogens (primary N) is 2. The van der Waals surface area contributed by atoms with Gasteiger partial charge < -0.3 is 11.5 Å². The van der Waals surface area contributed by atoms with Crippen molar-refractivity contribution in [1.82, 2.24) is 5.32 Å². The zero-order valence-corrected chi connectivity index (χ0v) is 10.6. The van der Waals surface area contributed by atoms with Crippen molar-refractivity contribution in [3.05, 3.63) is 35.9 Å². The fourth-order valence-electron chi connectivity index (χ4n) is 2.07. The first-order valence-electron chi connectivity index (χ1n) is 5.92. The summed E-state index contributed by atoms with van der Waals surface area (Å²) in [6.07, 6.45) is 0.532. The molecule has 0 bridgehead atoms. The quantitative estimate of drug-likeness (QED) is 0.671. The number of benzene rings is 1. The van der Waals surface area contributed by atoms with E-state index in [4.69, 9.17) is 11.5 Å². The maximum Gasteiger partial charge on any atom is 0.318 e. The molecule has 0 aliphatic rings. The fourth-order valence-corrected chi connectivity index (χ4v) is 2.07. The van der Waals surface area contributed by atoms with Crippen LogP contribution >= 0.6 is 0 Å². The predicted octanol–water partition coefficient (Wildman–Crippen LogP) is 0.477. The summed E-state index contributed by atoms with van der Waals surface area (Å²) in [6, 6.07) is 8.06. The molecular formula is C13H17N3O3. The van der Waals surface area contributed by atoms with Gasteiger partial charge in [0.25, 0.3) is 0 Å². The number of carbonyl (C=O) groups excluding carboxylic acids is 3. The molecule has 6 nitrogen and oxygen atoms in total. The molecule has 6 heteroatoms. The number of hydrogen-bond acceptors (Lipinski definition) is 3. The molecule has 0 aliphatic heterocycles. The molecule has 0 spiro atoms. The second kappa shape index (κ2) is 6.53. The van der Waals surface area contributed by atoms with Crippen LogP contribution < -0.4 is 16.8 Å². The van der Waals surface area contributed by atoms with E-state index in [-0.39, 0.29) is 0 Å². The van der Waals surface area contributed by atoms with E-state index in [0.29, 0.717) is 6.42 Å². The number of hydrogen-bond donors (Lipinski definition) is 3. The molecule has 0 saturated carbocycles. The number of primary amides is 2. The highest BCUT2D eigenvalue weighted by Crippen LogP contribution is 2.28. The molecule has 2 atom stereocenters. The van der Waals surface area contributed by atoms with E-state index >= 15 is 0 Å². The van der Waals surface area contributed by atoms with Gasteiger partial charge in [-0.25, -0.2) is 4.79 Å². The van der Waals surface area contributed by atoms with Crippen LogP contribution in [0.15, 0.2) is 30.3 Å². The lowest BCUT2D eigenvalue weighted by molar-refractivity contribution is -0.133. The number of amides is 4. The fraction of sp³-hybridized carbons (Fsp3) is 0.308. The zero-order valence-electron chi connectivity index (χ0n) is 10.6. The molecule has 0 heterocycles. The predicted molar refractivity (Wildman–Crippen MR) is 69.9 cm³/mol. The van der Waals surface area contributed by atoms with Crippen LogP contribution in [0.5, 0.6) is 0 Å². The van der Waals surface area contributed by atoms with Gasteiger partial charge in [-0.2, -0.15) is 0 Å². The van der Waals surface area contributed by atoms with Crippen LogP contribution in [0.1, 0.15) is 24.8 Å². The Bertz CT molecular complexity index is 473. The highest BCUT2D eigenvalue weighted by Gasteiger charge is 2.33. The smallest absolute Gasteiger partial charge is 0.318 e. The van der Waals surface area contributed by atoms with Crippen LogP contribution in [0.25, 0.3) is 0 Å². The summed E-state index contributed by atoms with van der Waals surface area (Å²) in [6.45, 7) is 1.84. The Morgan fingerprint density at radius 2 is 1.74 bits per heavy atom.